The van der Waals surface area contributed by atoms with Crippen LogP contribution in [0.4, 0.5) is 5.69 Å². The van der Waals surface area contributed by atoms with Gasteiger partial charge < -0.3 is 10.2 Å². The molecule has 1 aromatic carbocycles. The molecule has 0 radical (unpaired) electrons. The molecule has 3 rings (SSSR count). The third kappa shape index (κ3) is 6.35. The van der Waals surface area contributed by atoms with Crippen LogP contribution in [-0.2, 0) is 14.4 Å². The lowest BCUT2D eigenvalue weighted by Crippen LogP contribution is -2.43. The predicted octanol–water partition coefficient (Wildman–Crippen LogP) is 3.94. The Kier molecular flexibility index (Phi) is 7.90. The SMILES string of the molecule is O=C(CCC(=O)c1cccs1)CCC(=O)N1CCC[C@@H](C(=O)Nc2ccccc2)C1. The highest BCUT2D eigenvalue weighted by molar-refractivity contribution is 7.12. The van der Waals surface area contributed by atoms with Gasteiger partial charge in [0.25, 0.3) is 0 Å². The number of ketones is 2. The van der Waals surface area contributed by atoms with Gasteiger partial charge in [0.2, 0.25) is 11.8 Å². The molecule has 6 nitrogen and oxygen atoms in total. The van der Waals surface area contributed by atoms with E-state index >= 15 is 0 Å². The van der Waals surface area contributed by atoms with Crippen molar-refractivity contribution in [3.63, 3.8) is 0 Å². The minimum absolute atomic E-state index is 0.0343. The number of hydrogen-bond acceptors (Lipinski definition) is 5. The summed E-state index contributed by atoms with van der Waals surface area (Å²) in [4.78, 5) is 51.5. The van der Waals surface area contributed by atoms with Gasteiger partial charge in [-0.1, -0.05) is 24.3 Å². The van der Waals surface area contributed by atoms with Crippen molar-refractivity contribution >= 4 is 40.4 Å². The van der Waals surface area contributed by atoms with Gasteiger partial charge in [0, 0.05) is 44.5 Å². The number of hydrogen-bond donors (Lipinski definition) is 1. The van der Waals surface area contributed by atoms with E-state index in [1.807, 2.05) is 41.8 Å². The molecule has 1 saturated heterocycles. The van der Waals surface area contributed by atoms with Crippen LogP contribution in [0.25, 0.3) is 0 Å². The Balaban J connectivity index is 1.40. The number of nitrogens with one attached hydrogen (secondary N) is 1. The number of benzene rings is 1. The summed E-state index contributed by atoms with van der Waals surface area (Å²) in [5.41, 5.74) is 0.744. The number of carbonyl (C=O) groups is 4. The van der Waals surface area contributed by atoms with Gasteiger partial charge in [0.05, 0.1) is 10.8 Å². The van der Waals surface area contributed by atoms with Crippen LogP contribution in [0.5, 0.6) is 0 Å². The molecule has 1 atom stereocenters. The number of amides is 2. The van der Waals surface area contributed by atoms with Crippen molar-refractivity contribution in [3.8, 4) is 0 Å². The zero-order chi connectivity index (χ0) is 21.3. The number of thiophene rings is 1. The zero-order valence-electron chi connectivity index (χ0n) is 16.8. The number of para-hydroxylation sites is 1. The van der Waals surface area contributed by atoms with Gasteiger partial charge in [-0.3, -0.25) is 19.2 Å². The quantitative estimate of drug-likeness (QED) is 0.616. The maximum Gasteiger partial charge on any atom is 0.229 e. The molecule has 0 aliphatic carbocycles. The van der Waals surface area contributed by atoms with E-state index in [1.165, 1.54) is 11.3 Å². The Morgan fingerprint density at radius 2 is 1.73 bits per heavy atom. The number of rotatable bonds is 9. The summed E-state index contributed by atoms with van der Waals surface area (Å²) in [6.45, 7) is 0.988. The fourth-order valence-corrected chi connectivity index (χ4v) is 4.22. The number of likely N-dealkylation sites (tertiary alicyclic amines) is 1. The Labute approximate surface area is 180 Å². The van der Waals surface area contributed by atoms with Gasteiger partial charge in [-0.15, -0.1) is 11.3 Å². The number of nitrogens with zero attached hydrogens (tertiary/aromatic N) is 1. The van der Waals surface area contributed by atoms with Gasteiger partial charge in [-0.25, -0.2) is 0 Å². The molecular weight excluding hydrogens is 400 g/mol. The predicted molar refractivity (Wildman–Crippen MR) is 117 cm³/mol. The van der Waals surface area contributed by atoms with Crippen LogP contribution in [0, 0.1) is 5.92 Å². The first-order valence-corrected chi connectivity index (χ1v) is 11.1. The third-order valence-electron chi connectivity index (χ3n) is 5.23. The van der Waals surface area contributed by atoms with Crippen molar-refractivity contribution in [2.75, 3.05) is 18.4 Å². The van der Waals surface area contributed by atoms with Crippen molar-refractivity contribution in [1.82, 2.24) is 4.90 Å². The highest BCUT2D eigenvalue weighted by Crippen LogP contribution is 2.20. The molecule has 7 heteroatoms. The standard InChI is InChI=1S/C23H26N2O4S/c26-19(10-12-20(27)21-9-5-15-30-21)11-13-22(28)25-14-4-6-17(16-25)23(29)24-18-7-2-1-3-8-18/h1-3,5,7-9,15,17H,4,6,10-14,16H2,(H,24,29)/t17-/m1/s1. The summed E-state index contributed by atoms with van der Waals surface area (Å²) in [6, 6.07) is 12.8. The van der Waals surface area contributed by atoms with Gasteiger partial charge in [0.1, 0.15) is 5.78 Å². The maximum absolute atomic E-state index is 12.5. The fourth-order valence-electron chi connectivity index (χ4n) is 3.53. The van der Waals surface area contributed by atoms with Crippen LogP contribution < -0.4 is 5.32 Å². The summed E-state index contributed by atoms with van der Waals surface area (Å²) < 4.78 is 0. The topological polar surface area (TPSA) is 83.6 Å². The Morgan fingerprint density at radius 3 is 2.47 bits per heavy atom. The van der Waals surface area contributed by atoms with Crippen molar-refractivity contribution in [2.24, 2.45) is 5.92 Å². The molecule has 1 N–H and O–H groups in total. The van der Waals surface area contributed by atoms with Crippen LogP contribution in [0.1, 0.15) is 48.2 Å². The first kappa shape index (κ1) is 21.9. The Hall–Kier alpha value is -2.80. The second-order valence-corrected chi connectivity index (χ2v) is 8.42. The lowest BCUT2D eigenvalue weighted by atomic mass is 9.96. The van der Waals surface area contributed by atoms with Crippen molar-refractivity contribution < 1.29 is 19.2 Å². The second kappa shape index (κ2) is 10.8. The molecule has 30 heavy (non-hydrogen) atoms. The van der Waals surface area contributed by atoms with Crippen molar-refractivity contribution in [2.45, 2.75) is 38.5 Å². The lowest BCUT2D eigenvalue weighted by Gasteiger charge is -2.32. The van der Waals surface area contributed by atoms with E-state index in [0.717, 1.165) is 18.5 Å². The third-order valence-corrected chi connectivity index (χ3v) is 6.14. The fraction of sp³-hybridized carbons (Fsp3) is 0.391. The molecule has 158 valence electrons. The number of piperidine rings is 1. The van der Waals surface area contributed by atoms with Crippen LogP contribution in [0.3, 0.4) is 0 Å². The minimum Gasteiger partial charge on any atom is -0.342 e. The Bertz CT molecular complexity index is 880. The molecular formula is C23H26N2O4S. The molecule has 0 saturated carbocycles. The average molecular weight is 427 g/mol. The summed E-state index contributed by atoms with van der Waals surface area (Å²) in [5.74, 6) is -0.550. The van der Waals surface area contributed by atoms with Crippen LogP contribution in [-0.4, -0.2) is 41.4 Å². The molecule has 1 aliphatic heterocycles. The second-order valence-electron chi connectivity index (χ2n) is 7.47. The first-order valence-electron chi connectivity index (χ1n) is 10.2. The van der Waals surface area contributed by atoms with E-state index in [9.17, 15) is 19.2 Å². The van der Waals surface area contributed by atoms with E-state index < -0.39 is 0 Å². The van der Waals surface area contributed by atoms with Gasteiger partial charge >= 0.3 is 0 Å². The minimum atomic E-state index is -0.248. The number of anilines is 1. The van der Waals surface area contributed by atoms with Gasteiger partial charge in [-0.2, -0.15) is 0 Å². The van der Waals surface area contributed by atoms with E-state index in [2.05, 4.69) is 5.32 Å². The van der Waals surface area contributed by atoms with Crippen LogP contribution in [0.15, 0.2) is 47.8 Å². The molecule has 2 aromatic rings. The lowest BCUT2D eigenvalue weighted by molar-refractivity contribution is -0.136. The average Bonchev–Trinajstić information content (AvgIpc) is 3.31. The van der Waals surface area contributed by atoms with E-state index in [1.54, 1.807) is 11.0 Å². The number of Topliss-reactive ketones (excluding diaryl/α,β-unsaturated/α-hetero) is 2. The van der Waals surface area contributed by atoms with Crippen LogP contribution in [0.2, 0.25) is 0 Å². The highest BCUT2D eigenvalue weighted by atomic mass is 32.1. The van der Waals surface area contributed by atoms with E-state index in [-0.39, 0.29) is 55.0 Å². The summed E-state index contributed by atoms with van der Waals surface area (Å²) in [7, 11) is 0. The molecule has 0 bridgehead atoms. The first-order chi connectivity index (χ1) is 14.5. The molecule has 1 fully saturated rings. The number of carbonyl (C=O) groups excluding carboxylic acids is 4. The van der Waals surface area contributed by atoms with E-state index in [0.29, 0.717) is 18.0 Å². The summed E-state index contributed by atoms with van der Waals surface area (Å²) >= 11 is 1.37. The molecule has 1 aliphatic rings. The van der Waals surface area contributed by atoms with Gasteiger partial charge in [-0.05, 0) is 36.4 Å². The molecule has 0 unspecified atom stereocenters. The highest BCUT2D eigenvalue weighted by Gasteiger charge is 2.28. The van der Waals surface area contributed by atoms with Crippen molar-refractivity contribution in [1.29, 1.82) is 0 Å². The summed E-state index contributed by atoms with van der Waals surface area (Å²) in [5, 5.41) is 4.73. The molecule has 1 aromatic heterocycles. The largest absolute Gasteiger partial charge is 0.342 e. The van der Waals surface area contributed by atoms with Gasteiger partial charge in [0.15, 0.2) is 5.78 Å². The monoisotopic (exact) mass is 426 g/mol. The van der Waals surface area contributed by atoms with E-state index in [4.69, 9.17) is 0 Å². The normalized spacial score (nSPS) is 16.1. The molecule has 2 amide bonds. The molecule has 0 spiro atoms. The molecule has 2 heterocycles. The Morgan fingerprint density at radius 1 is 0.967 bits per heavy atom. The van der Waals surface area contributed by atoms with Crippen molar-refractivity contribution in [3.05, 3.63) is 52.7 Å². The zero-order valence-corrected chi connectivity index (χ0v) is 17.7. The summed E-state index contributed by atoms with van der Waals surface area (Å²) in [6.07, 6.45) is 2.10. The maximum atomic E-state index is 12.5. The smallest absolute Gasteiger partial charge is 0.229 e. The van der Waals surface area contributed by atoms with Crippen LogP contribution >= 0.6 is 11.3 Å².